The number of carbonyl (C=O) groups excluding carboxylic acids is 2. The van der Waals surface area contributed by atoms with Crippen molar-refractivity contribution in [2.75, 3.05) is 0 Å². The Hall–Kier alpha value is -2.73. The fraction of sp³-hybridized carbons (Fsp3) is 0.167. The number of nitrogens with zero attached hydrogens (tertiary/aromatic N) is 1. The third kappa shape index (κ3) is 3.64. The molecule has 3 nitrogen and oxygen atoms in total. The Morgan fingerprint density at radius 2 is 1.67 bits per heavy atom. The van der Waals surface area contributed by atoms with Crippen LogP contribution < -0.4 is 0 Å². The van der Waals surface area contributed by atoms with Gasteiger partial charge >= 0.3 is 0 Å². The third-order valence-corrected chi connectivity index (χ3v) is 3.42. The van der Waals surface area contributed by atoms with Gasteiger partial charge in [0.25, 0.3) is 0 Å². The van der Waals surface area contributed by atoms with Crippen molar-refractivity contribution in [2.24, 2.45) is 0 Å². The van der Waals surface area contributed by atoms with Gasteiger partial charge in [-0.3, -0.25) is 9.59 Å². The Morgan fingerprint density at radius 1 is 1.05 bits per heavy atom. The summed E-state index contributed by atoms with van der Waals surface area (Å²) in [5, 5.41) is 8.75. The van der Waals surface area contributed by atoms with Crippen molar-refractivity contribution in [3.05, 3.63) is 71.3 Å². The zero-order valence-corrected chi connectivity index (χ0v) is 11.7. The van der Waals surface area contributed by atoms with Gasteiger partial charge in [-0.05, 0) is 24.6 Å². The molecule has 104 valence electrons. The molecule has 0 heterocycles. The monoisotopic (exact) mass is 277 g/mol. The van der Waals surface area contributed by atoms with Gasteiger partial charge < -0.3 is 0 Å². The molecule has 0 aliphatic heterocycles. The summed E-state index contributed by atoms with van der Waals surface area (Å²) in [6.45, 7) is 1.50. The van der Waals surface area contributed by atoms with Crippen LogP contribution in [0.1, 0.15) is 40.7 Å². The number of Topliss-reactive ketones (excluding diaryl/α,β-unsaturated/α-hetero) is 2. The van der Waals surface area contributed by atoms with Crippen LogP contribution in [0.4, 0.5) is 0 Å². The van der Waals surface area contributed by atoms with Crippen molar-refractivity contribution in [1.29, 1.82) is 5.26 Å². The molecule has 0 saturated heterocycles. The van der Waals surface area contributed by atoms with Crippen LogP contribution in [-0.4, -0.2) is 11.6 Å². The molecule has 0 radical (unpaired) electrons. The Kier molecular flexibility index (Phi) is 4.63. The normalized spacial score (nSPS) is 11.4. The van der Waals surface area contributed by atoms with Crippen molar-refractivity contribution >= 4 is 11.6 Å². The Labute approximate surface area is 123 Å². The molecule has 0 amide bonds. The summed E-state index contributed by atoms with van der Waals surface area (Å²) < 4.78 is 0. The van der Waals surface area contributed by atoms with Gasteiger partial charge in [-0.25, -0.2) is 0 Å². The molecule has 0 bridgehead atoms. The second kappa shape index (κ2) is 6.62. The van der Waals surface area contributed by atoms with Crippen LogP contribution >= 0.6 is 0 Å². The zero-order valence-electron chi connectivity index (χ0n) is 11.7. The van der Waals surface area contributed by atoms with Crippen LogP contribution in [0.25, 0.3) is 0 Å². The quantitative estimate of drug-likeness (QED) is 0.786. The fourth-order valence-electron chi connectivity index (χ4n) is 2.22. The van der Waals surface area contributed by atoms with Gasteiger partial charge in [0, 0.05) is 17.9 Å². The second-order valence-electron chi connectivity index (χ2n) is 4.89. The molecule has 2 rings (SSSR count). The van der Waals surface area contributed by atoms with Crippen LogP contribution in [-0.2, 0) is 4.79 Å². The lowest BCUT2D eigenvalue weighted by Gasteiger charge is -2.13. The van der Waals surface area contributed by atoms with Crippen LogP contribution in [0.2, 0.25) is 0 Å². The molecule has 2 aromatic carbocycles. The van der Waals surface area contributed by atoms with E-state index in [1.165, 1.54) is 6.92 Å². The lowest BCUT2D eigenvalue weighted by Crippen LogP contribution is -2.14. The first-order valence-corrected chi connectivity index (χ1v) is 6.70. The first-order chi connectivity index (χ1) is 10.1. The van der Waals surface area contributed by atoms with Crippen molar-refractivity contribution in [3.63, 3.8) is 0 Å². The molecule has 0 fully saturated rings. The van der Waals surface area contributed by atoms with Crippen LogP contribution in [0.5, 0.6) is 0 Å². The SMILES string of the molecule is CC(=O)C(CC(=O)c1ccc(C#N)cc1)c1ccccc1. The highest BCUT2D eigenvalue weighted by molar-refractivity contribution is 6.00. The minimum Gasteiger partial charge on any atom is -0.299 e. The molecular formula is C18H15NO2. The summed E-state index contributed by atoms with van der Waals surface area (Å²) in [5.41, 5.74) is 1.89. The summed E-state index contributed by atoms with van der Waals surface area (Å²) >= 11 is 0. The van der Waals surface area contributed by atoms with E-state index in [4.69, 9.17) is 5.26 Å². The highest BCUT2D eigenvalue weighted by atomic mass is 16.1. The van der Waals surface area contributed by atoms with Gasteiger partial charge in [0.2, 0.25) is 0 Å². The van der Waals surface area contributed by atoms with Gasteiger partial charge in [-0.1, -0.05) is 42.5 Å². The van der Waals surface area contributed by atoms with Gasteiger partial charge in [0.05, 0.1) is 11.6 Å². The summed E-state index contributed by atoms with van der Waals surface area (Å²) in [6, 6.07) is 17.8. The first kappa shape index (κ1) is 14.7. The number of nitriles is 1. The Morgan fingerprint density at radius 3 is 2.19 bits per heavy atom. The Bertz CT molecular complexity index is 681. The lowest BCUT2D eigenvalue weighted by molar-refractivity contribution is -0.118. The number of hydrogen-bond donors (Lipinski definition) is 0. The van der Waals surface area contributed by atoms with Crippen LogP contribution in [0, 0.1) is 11.3 Å². The van der Waals surface area contributed by atoms with E-state index in [1.807, 2.05) is 36.4 Å². The van der Waals surface area contributed by atoms with Gasteiger partial charge in [-0.2, -0.15) is 5.26 Å². The molecule has 0 aromatic heterocycles. The molecule has 0 spiro atoms. The highest BCUT2D eigenvalue weighted by Gasteiger charge is 2.21. The van der Waals surface area contributed by atoms with Crippen LogP contribution in [0.3, 0.4) is 0 Å². The van der Waals surface area contributed by atoms with Crippen molar-refractivity contribution in [3.8, 4) is 6.07 Å². The van der Waals surface area contributed by atoms with Gasteiger partial charge in [0.15, 0.2) is 5.78 Å². The fourth-order valence-corrected chi connectivity index (χ4v) is 2.22. The maximum Gasteiger partial charge on any atom is 0.163 e. The minimum atomic E-state index is -0.422. The van der Waals surface area contributed by atoms with E-state index < -0.39 is 5.92 Å². The standard InChI is InChI=1S/C18H15NO2/c1-13(20)17(15-5-3-2-4-6-15)11-18(21)16-9-7-14(12-19)8-10-16/h2-10,17H,11H2,1H3. The van der Waals surface area contributed by atoms with Crippen molar-refractivity contribution in [2.45, 2.75) is 19.3 Å². The average Bonchev–Trinajstić information content (AvgIpc) is 2.53. The smallest absolute Gasteiger partial charge is 0.163 e. The second-order valence-corrected chi connectivity index (χ2v) is 4.89. The van der Waals surface area contributed by atoms with E-state index in [0.29, 0.717) is 11.1 Å². The van der Waals surface area contributed by atoms with E-state index in [2.05, 4.69) is 0 Å². The molecule has 0 saturated carbocycles. The van der Waals surface area contributed by atoms with E-state index in [1.54, 1.807) is 24.3 Å². The van der Waals surface area contributed by atoms with E-state index in [0.717, 1.165) is 5.56 Å². The lowest BCUT2D eigenvalue weighted by atomic mass is 9.89. The highest BCUT2D eigenvalue weighted by Crippen LogP contribution is 2.23. The topological polar surface area (TPSA) is 57.9 Å². The molecular weight excluding hydrogens is 262 g/mol. The predicted octanol–water partition coefficient (Wildman–Crippen LogP) is 3.50. The zero-order chi connectivity index (χ0) is 15.2. The largest absolute Gasteiger partial charge is 0.299 e. The molecule has 2 aromatic rings. The molecule has 21 heavy (non-hydrogen) atoms. The summed E-state index contributed by atoms with van der Waals surface area (Å²) in [6.07, 6.45) is 0.144. The average molecular weight is 277 g/mol. The van der Waals surface area contributed by atoms with Gasteiger partial charge in [-0.15, -0.1) is 0 Å². The van der Waals surface area contributed by atoms with E-state index in [-0.39, 0.29) is 18.0 Å². The number of benzene rings is 2. The molecule has 0 N–H and O–H groups in total. The molecule has 1 unspecified atom stereocenters. The first-order valence-electron chi connectivity index (χ1n) is 6.70. The molecule has 3 heteroatoms. The third-order valence-electron chi connectivity index (χ3n) is 3.42. The van der Waals surface area contributed by atoms with Crippen molar-refractivity contribution in [1.82, 2.24) is 0 Å². The summed E-state index contributed by atoms with van der Waals surface area (Å²) in [4.78, 5) is 24.1. The number of hydrogen-bond acceptors (Lipinski definition) is 3. The summed E-state index contributed by atoms with van der Waals surface area (Å²) in [7, 11) is 0. The van der Waals surface area contributed by atoms with Crippen LogP contribution in [0.15, 0.2) is 54.6 Å². The van der Waals surface area contributed by atoms with E-state index in [9.17, 15) is 9.59 Å². The maximum absolute atomic E-state index is 12.3. The van der Waals surface area contributed by atoms with Crippen molar-refractivity contribution < 1.29 is 9.59 Å². The van der Waals surface area contributed by atoms with E-state index >= 15 is 0 Å². The number of ketones is 2. The number of rotatable bonds is 5. The maximum atomic E-state index is 12.3. The van der Waals surface area contributed by atoms with Gasteiger partial charge in [0.1, 0.15) is 5.78 Å². The number of carbonyl (C=O) groups is 2. The Balaban J connectivity index is 2.19. The molecule has 0 aliphatic carbocycles. The summed E-state index contributed by atoms with van der Waals surface area (Å²) in [5.74, 6) is -0.541. The predicted molar refractivity (Wildman–Crippen MR) is 80.0 cm³/mol. The minimum absolute atomic E-state index is 0.0248. The molecule has 0 aliphatic rings. The molecule has 1 atom stereocenters.